The van der Waals surface area contributed by atoms with Gasteiger partial charge in [0.15, 0.2) is 0 Å². The second-order valence-electron chi connectivity index (χ2n) is 5.29. The Morgan fingerprint density at radius 1 is 1.00 bits per heavy atom. The van der Waals surface area contributed by atoms with E-state index in [9.17, 15) is 0 Å². The maximum atomic E-state index is 4.37. The molecule has 4 rings (SSSR count). The van der Waals surface area contributed by atoms with E-state index in [1.165, 1.54) is 16.3 Å². The minimum atomic E-state index is 0.780. The maximum Gasteiger partial charge on any atom is 0.123 e. The third kappa shape index (κ3) is 2.94. The molecule has 4 aromatic rings. The van der Waals surface area contributed by atoms with Crippen LogP contribution in [0.3, 0.4) is 0 Å². The summed E-state index contributed by atoms with van der Waals surface area (Å²) in [6.07, 6.45) is 5.58. The number of benzene rings is 2. The third-order valence-corrected chi connectivity index (χ3v) is 4.62. The number of pyridine rings is 1. The van der Waals surface area contributed by atoms with Crippen molar-refractivity contribution in [3.05, 3.63) is 78.1 Å². The van der Waals surface area contributed by atoms with Crippen molar-refractivity contribution in [3.63, 3.8) is 0 Å². The van der Waals surface area contributed by atoms with Crippen molar-refractivity contribution in [2.45, 2.75) is 6.54 Å². The molecule has 3 nitrogen and oxygen atoms in total. The Morgan fingerprint density at radius 3 is 2.87 bits per heavy atom. The van der Waals surface area contributed by atoms with Crippen LogP contribution in [-0.4, -0.2) is 9.97 Å². The van der Waals surface area contributed by atoms with Crippen LogP contribution in [0.1, 0.15) is 5.56 Å². The molecule has 0 saturated carbocycles. The molecule has 0 radical (unpaired) electrons. The molecule has 0 aliphatic rings. The quantitative estimate of drug-likeness (QED) is 0.577. The monoisotopic (exact) mass is 317 g/mol. The summed E-state index contributed by atoms with van der Waals surface area (Å²) in [4.78, 5) is 8.56. The number of aromatic nitrogens is 2. The summed E-state index contributed by atoms with van der Waals surface area (Å²) in [5, 5.41) is 8.97. The third-order valence-electron chi connectivity index (χ3n) is 3.80. The molecule has 2 aromatic carbocycles. The lowest BCUT2D eigenvalue weighted by Gasteiger charge is -2.10. The van der Waals surface area contributed by atoms with Gasteiger partial charge in [-0.25, -0.2) is 4.98 Å². The van der Waals surface area contributed by atoms with Crippen molar-refractivity contribution >= 4 is 27.8 Å². The molecule has 0 aliphatic carbocycles. The lowest BCUT2D eigenvalue weighted by molar-refractivity contribution is 1.17. The molecule has 0 aliphatic heterocycles. The standard InChI is InChI=1S/C19H15N3S/c1-4-15-12-20-8-7-18(15)16(5-1)13-22-17-6-2-3-14(11-17)19-21-9-10-23-19/h1-12,22H,13H2. The SMILES string of the molecule is c1cc(NCc2cccc3cnccc23)cc(-c2nccs2)c1. The fourth-order valence-electron chi connectivity index (χ4n) is 2.67. The number of hydrogen-bond acceptors (Lipinski definition) is 4. The molecular formula is C19H15N3S. The Kier molecular flexibility index (Phi) is 3.74. The first kappa shape index (κ1) is 13.9. The van der Waals surface area contributed by atoms with E-state index < -0.39 is 0 Å². The summed E-state index contributed by atoms with van der Waals surface area (Å²) < 4.78 is 0. The van der Waals surface area contributed by atoms with Crippen molar-refractivity contribution in [1.82, 2.24) is 9.97 Å². The van der Waals surface area contributed by atoms with Gasteiger partial charge in [-0.3, -0.25) is 4.98 Å². The van der Waals surface area contributed by atoms with Gasteiger partial charge in [0.1, 0.15) is 5.01 Å². The first-order valence-corrected chi connectivity index (χ1v) is 8.33. The van der Waals surface area contributed by atoms with Crippen molar-refractivity contribution in [2.75, 3.05) is 5.32 Å². The molecule has 0 amide bonds. The molecule has 112 valence electrons. The van der Waals surface area contributed by atoms with Crippen LogP contribution in [0.4, 0.5) is 5.69 Å². The van der Waals surface area contributed by atoms with E-state index >= 15 is 0 Å². The molecule has 4 heteroatoms. The highest BCUT2D eigenvalue weighted by Crippen LogP contribution is 2.25. The van der Waals surface area contributed by atoms with Crippen LogP contribution in [0.2, 0.25) is 0 Å². The summed E-state index contributed by atoms with van der Waals surface area (Å²) in [5.74, 6) is 0. The van der Waals surface area contributed by atoms with E-state index in [4.69, 9.17) is 0 Å². The highest BCUT2D eigenvalue weighted by molar-refractivity contribution is 7.13. The molecule has 0 bridgehead atoms. The largest absolute Gasteiger partial charge is 0.381 e. The summed E-state index contributed by atoms with van der Waals surface area (Å²) in [7, 11) is 0. The lowest BCUT2D eigenvalue weighted by Crippen LogP contribution is -2.00. The zero-order valence-electron chi connectivity index (χ0n) is 12.4. The van der Waals surface area contributed by atoms with Gasteiger partial charge >= 0.3 is 0 Å². The second kappa shape index (κ2) is 6.18. The Bertz CT molecular complexity index is 927. The van der Waals surface area contributed by atoms with Crippen molar-refractivity contribution in [1.29, 1.82) is 0 Å². The van der Waals surface area contributed by atoms with Crippen LogP contribution in [0.25, 0.3) is 21.3 Å². The van der Waals surface area contributed by atoms with Crippen LogP contribution >= 0.6 is 11.3 Å². The molecule has 2 aromatic heterocycles. The number of hydrogen-bond donors (Lipinski definition) is 1. The predicted molar refractivity (Wildman–Crippen MR) is 96.6 cm³/mol. The van der Waals surface area contributed by atoms with Gasteiger partial charge in [-0.05, 0) is 29.1 Å². The normalized spacial score (nSPS) is 10.8. The summed E-state index contributed by atoms with van der Waals surface area (Å²) >= 11 is 1.66. The first-order valence-electron chi connectivity index (χ1n) is 7.45. The summed E-state index contributed by atoms with van der Waals surface area (Å²) in [6, 6.07) is 16.8. The Morgan fingerprint density at radius 2 is 1.96 bits per heavy atom. The van der Waals surface area contributed by atoms with Crippen molar-refractivity contribution in [3.8, 4) is 10.6 Å². The van der Waals surface area contributed by atoms with Crippen molar-refractivity contribution in [2.24, 2.45) is 0 Å². The number of anilines is 1. The van der Waals surface area contributed by atoms with Crippen LogP contribution in [-0.2, 0) is 6.54 Å². The minimum Gasteiger partial charge on any atom is -0.381 e. The fourth-order valence-corrected chi connectivity index (χ4v) is 3.30. The Balaban J connectivity index is 1.58. The molecule has 0 atom stereocenters. The molecule has 0 fully saturated rings. The van der Waals surface area contributed by atoms with E-state index in [1.807, 2.05) is 24.0 Å². The van der Waals surface area contributed by atoms with Crippen LogP contribution in [0, 0.1) is 0 Å². The molecule has 1 N–H and O–H groups in total. The van der Waals surface area contributed by atoms with Crippen LogP contribution in [0.5, 0.6) is 0 Å². The van der Waals surface area contributed by atoms with E-state index in [-0.39, 0.29) is 0 Å². The zero-order chi connectivity index (χ0) is 15.5. The van der Waals surface area contributed by atoms with Gasteiger partial charge in [0.2, 0.25) is 0 Å². The number of rotatable bonds is 4. The predicted octanol–water partition coefficient (Wildman–Crippen LogP) is 4.97. The Labute approximate surface area is 138 Å². The molecule has 23 heavy (non-hydrogen) atoms. The zero-order valence-corrected chi connectivity index (χ0v) is 13.3. The van der Waals surface area contributed by atoms with E-state index in [0.717, 1.165) is 22.8 Å². The molecular weight excluding hydrogens is 302 g/mol. The van der Waals surface area contributed by atoms with Gasteiger partial charge in [-0.1, -0.05) is 30.3 Å². The van der Waals surface area contributed by atoms with Gasteiger partial charge in [0, 0.05) is 47.2 Å². The van der Waals surface area contributed by atoms with Gasteiger partial charge in [0.25, 0.3) is 0 Å². The average Bonchev–Trinajstić information content (AvgIpc) is 3.15. The fraction of sp³-hybridized carbons (Fsp3) is 0.0526. The Hall–Kier alpha value is -2.72. The number of nitrogens with zero attached hydrogens (tertiary/aromatic N) is 2. The second-order valence-corrected chi connectivity index (χ2v) is 6.18. The molecule has 0 saturated heterocycles. The highest BCUT2D eigenvalue weighted by Gasteiger charge is 2.03. The maximum absolute atomic E-state index is 4.37. The van der Waals surface area contributed by atoms with Crippen molar-refractivity contribution < 1.29 is 0 Å². The number of fused-ring (bicyclic) bond motifs is 1. The molecule has 2 heterocycles. The first-order chi connectivity index (χ1) is 11.4. The van der Waals surface area contributed by atoms with Gasteiger partial charge in [-0.2, -0.15) is 0 Å². The smallest absolute Gasteiger partial charge is 0.123 e. The van der Waals surface area contributed by atoms with Crippen LogP contribution in [0.15, 0.2) is 72.5 Å². The number of thiazole rings is 1. The lowest BCUT2D eigenvalue weighted by atomic mass is 10.1. The number of nitrogens with one attached hydrogen (secondary N) is 1. The molecule has 0 spiro atoms. The topological polar surface area (TPSA) is 37.8 Å². The highest BCUT2D eigenvalue weighted by atomic mass is 32.1. The van der Waals surface area contributed by atoms with E-state index in [1.54, 1.807) is 11.3 Å². The summed E-state index contributed by atoms with van der Waals surface area (Å²) in [5.41, 5.74) is 3.51. The van der Waals surface area contributed by atoms with Gasteiger partial charge in [0.05, 0.1) is 0 Å². The molecule has 0 unspecified atom stereocenters. The van der Waals surface area contributed by atoms with Crippen LogP contribution < -0.4 is 5.32 Å². The minimum absolute atomic E-state index is 0.780. The average molecular weight is 317 g/mol. The van der Waals surface area contributed by atoms with Gasteiger partial charge in [-0.15, -0.1) is 11.3 Å². The summed E-state index contributed by atoms with van der Waals surface area (Å²) in [6.45, 7) is 0.780. The van der Waals surface area contributed by atoms with Gasteiger partial charge < -0.3 is 5.32 Å². The van der Waals surface area contributed by atoms with E-state index in [2.05, 4.69) is 63.8 Å². The van der Waals surface area contributed by atoms with E-state index in [0.29, 0.717) is 0 Å².